The van der Waals surface area contributed by atoms with Gasteiger partial charge in [0.05, 0.1) is 6.26 Å². The van der Waals surface area contributed by atoms with Crippen molar-refractivity contribution in [2.45, 2.75) is 37.8 Å². The summed E-state index contributed by atoms with van der Waals surface area (Å²) in [6.45, 7) is 0.526. The Morgan fingerprint density at radius 1 is 1.04 bits per heavy atom. The number of hydrogen-bond acceptors (Lipinski definition) is 4. The van der Waals surface area contributed by atoms with Crippen molar-refractivity contribution < 1.29 is 18.8 Å². The van der Waals surface area contributed by atoms with E-state index in [0.717, 1.165) is 19.3 Å². The molecule has 1 saturated carbocycles. The molecule has 3 amide bonds. The largest absolute Gasteiger partial charge is 0.459 e. The molecule has 2 fully saturated rings. The predicted molar refractivity (Wildman–Crippen MR) is 98.3 cm³/mol. The zero-order chi connectivity index (χ0) is 18.8. The molecular formula is C20H21N3O4. The van der Waals surface area contributed by atoms with E-state index in [9.17, 15) is 14.4 Å². The number of carbonyl (C=O) groups is 3. The molecule has 140 valence electrons. The third kappa shape index (κ3) is 3.86. The normalized spacial score (nSPS) is 19.0. The van der Waals surface area contributed by atoms with Crippen LogP contribution in [0.2, 0.25) is 0 Å². The van der Waals surface area contributed by atoms with Crippen molar-refractivity contribution in [2.24, 2.45) is 0 Å². The Balaban J connectivity index is 1.39. The number of nitrogens with one attached hydrogen (secondary N) is 2. The van der Waals surface area contributed by atoms with Crippen LogP contribution in [0, 0.1) is 0 Å². The third-order valence-electron chi connectivity index (χ3n) is 4.88. The predicted octanol–water partition coefficient (Wildman–Crippen LogP) is 2.42. The molecule has 0 radical (unpaired) electrons. The maximum absolute atomic E-state index is 12.7. The molecule has 1 aliphatic heterocycles. The first-order valence-corrected chi connectivity index (χ1v) is 9.18. The lowest BCUT2D eigenvalue weighted by Gasteiger charge is -2.23. The average molecular weight is 367 g/mol. The highest BCUT2D eigenvalue weighted by molar-refractivity contribution is 6.01. The number of rotatable bonds is 5. The van der Waals surface area contributed by atoms with Gasteiger partial charge in [0, 0.05) is 23.8 Å². The molecule has 2 aliphatic rings. The minimum absolute atomic E-state index is 0.0959. The van der Waals surface area contributed by atoms with Gasteiger partial charge in [-0.25, -0.2) is 0 Å². The second-order valence-electron chi connectivity index (χ2n) is 6.95. The van der Waals surface area contributed by atoms with Crippen molar-refractivity contribution in [3.05, 3.63) is 54.0 Å². The fourth-order valence-corrected chi connectivity index (χ4v) is 3.25. The summed E-state index contributed by atoms with van der Waals surface area (Å²) in [5, 5.41) is 5.77. The highest BCUT2D eigenvalue weighted by atomic mass is 16.3. The SMILES string of the molecule is O=C(NC1CC1)c1ccc(NC(=O)C2CCCN2C(=O)c2ccco2)cc1. The van der Waals surface area contributed by atoms with Gasteiger partial charge in [0.15, 0.2) is 5.76 Å². The first kappa shape index (κ1) is 17.3. The fraction of sp³-hybridized carbons (Fsp3) is 0.350. The maximum Gasteiger partial charge on any atom is 0.290 e. The highest BCUT2D eigenvalue weighted by Crippen LogP contribution is 2.23. The van der Waals surface area contributed by atoms with E-state index in [0.29, 0.717) is 30.3 Å². The molecule has 1 saturated heterocycles. The Hall–Kier alpha value is -3.09. The Morgan fingerprint density at radius 3 is 2.48 bits per heavy atom. The summed E-state index contributed by atoms with van der Waals surface area (Å²) in [5.74, 6) is -0.366. The summed E-state index contributed by atoms with van der Waals surface area (Å²) in [4.78, 5) is 38.7. The second-order valence-corrected chi connectivity index (χ2v) is 6.95. The lowest BCUT2D eigenvalue weighted by Crippen LogP contribution is -2.43. The number of likely N-dealkylation sites (tertiary alicyclic amines) is 1. The van der Waals surface area contributed by atoms with Crippen molar-refractivity contribution in [1.82, 2.24) is 10.2 Å². The lowest BCUT2D eigenvalue weighted by molar-refractivity contribution is -0.119. The highest BCUT2D eigenvalue weighted by Gasteiger charge is 2.35. The molecule has 4 rings (SSSR count). The summed E-state index contributed by atoms with van der Waals surface area (Å²) >= 11 is 0. The summed E-state index contributed by atoms with van der Waals surface area (Å²) in [5.41, 5.74) is 1.16. The van der Waals surface area contributed by atoms with Crippen molar-refractivity contribution >= 4 is 23.4 Å². The first-order valence-electron chi connectivity index (χ1n) is 9.18. The van der Waals surface area contributed by atoms with E-state index in [1.165, 1.54) is 6.26 Å². The van der Waals surface area contributed by atoms with Gasteiger partial charge in [-0.3, -0.25) is 14.4 Å². The van der Waals surface area contributed by atoms with Crippen LogP contribution in [-0.4, -0.2) is 41.2 Å². The van der Waals surface area contributed by atoms with E-state index in [2.05, 4.69) is 10.6 Å². The van der Waals surface area contributed by atoms with E-state index in [4.69, 9.17) is 4.42 Å². The van der Waals surface area contributed by atoms with Crippen LogP contribution in [0.5, 0.6) is 0 Å². The molecule has 2 aromatic rings. The summed E-state index contributed by atoms with van der Waals surface area (Å²) in [6, 6.07) is 9.81. The monoisotopic (exact) mass is 367 g/mol. The number of carbonyl (C=O) groups excluding carboxylic acids is 3. The third-order valence-corrected chi connectivity index (χ3v) is 4.88. The van der Waals surface area contributed by atoms with E-state index >= 15 is 0 Å². The van der Waals surface area contributed by atoms with E-state index < -0.39 is 6.04 Å². The lowest BCUT2D eigenvalue weighted by atomic mass is 10.1. The Kier molecular flexibility index (Phi) is 4.66. The van der Waals surface area contributed by atoms with Crippen LogP contribution in [0.1, 0.15) is 46.6 Å². The molecule has 1 aromatic heterocycles. The number of hydrogen-bond donors (Lipinski definition) is 2. The van der Waals surface area contributed by atoms with Crippen LogP contribution >= 0.6 is 0 Å². The standard InChI is InChI=1S/C20H21N3O4/c24-18(21-15-9-10-15)13-5-7-14(8-6-13)22-19(25)16-3-1-11-23(16)20(26)17-4-2-12-27-17/h2,4-8,12,15-16H,1,3,9-11H2,(H,21,24)(H,22,25). The van der Waals surface area contributed by atoms with Gasteiger partial charge in [0.2, 0.25) is 5.91 Å². The molecule has 2 heterocycles. The molecule has 0 spiro atoms. The molecule has 1 atom stereocenters. The van der Waals surface area contributed by atoms with Crippen LogP contribution in [0.4, 0.5) is 5.69 Å². The van der Waals surface area contributed by atoms with Gasteiger partial charge in [-0.05, 0) is 62.1 Å². The molecule has 27 heavy (non-hydrogen) atoms. The molecule has 2 N–H and O–H groups in total. The summed E-state index contributed by atoms with van der Waals surface area (Å²) in [7, 11) is 0. The number of benzene rings is 1. The first-order chi connectivity index (χ1) is 13.1. The van der Waals surface area contributed by atoms with Crippen LogP contribution in [0.3, 0.4) is 0 Å². The number of nitrogens with zero attached hydrogens (tertiary/aromatic N) is 1. The molecule has 7 nitrogen and oxygen atoms in total. The van der Waals surface area contributed by atoms with Crippen molar-refractivity contribution in [1.29, 1.82) is 0 Å². The van der Waals surface area contributed by atoms with E-state index in [1.54, 1.807) is 41.3 Å². The number of anilines is 1. The van der Waals surface area contributed by atoms with Gasteiger partial charge in [0.25, 0.3) is 11.8 Å². The number of furan rings is 1. The van der Waals surface area contributed by atoms with Gasteiger partial charge in [-0.1, -0.05) is 0 Å². The summed E-state index contributed by atoms with van der Waals surface area (Å²) in [6.07, 6.45) is 4.90. The number of amides is 3. The molecule has 1 aromatic carbocycles. The van der Waals surface area contributed by atoms with Crippen LogP contribution < -0.4 is 10.6 Å². The van der Waals surface area contributed by atoms with Gasteiger partial charge < -0.3 is 20.0 Å². The van der Waals surface area contributed by atoms with Gasteiger partial charge in [0.1, 0.15) is 6.04 Å². The quantitative estimate of drug-likeness (QED) is 0.849. The van der Waals surface area contributed by atoms with Crippen molar-refractivity contribution in [2.75, 3.05) is 11.9 Å². The Bertz CT molecular complexity index is 841. The van der Waals surface area contributed by atoms with E-state index in [1.807, 2.05) is 0 Å². The molecule has 1 unspecified atom stereocenters. The zero-order valence-electron chi connectivity index (χ0n) is 14.8. The van der Waals surface area contributed by atoms with Gasteiger partial charge in [-0.2, -0.15) is 0 Å². The van der Waals surface area contributed by atoms with Crippen LogP contribution in [-0.2, 0) is 4.79 Å². The molecular weight excluding hydrogens is 346 g/mol. The van der Waals surface area contributed by atoms with Crippen LogP contribution in [0.15, 0.2) is 47.1 Å². The van der Waals surface area contributed by atoms with Gasteiger partial charge in [-0.15, -0.1) is 0 Å². The zero-order valence-corrected chi connectivity index (χ0v) is 14.8. The fourth-order valence-electron chi connectivity index (χ4n) is 3.25. The van der Waals surface area contributed by atoms with Crippen molar-refractivity contribution in [3.63, 3.8) is 0 Å². The molecule has 0 bridgehead atoms. The molecule has 7 heteroatoms. The molecule has 1 aliphatic carbocycles. The van der Waals surface area contributed by atoms with Crippen molar-refractivity contribution in [3.8, 4) is 0 Å². The van der Waals surface area contributed by atoms with Gasteiger partial charge >= 0.3 is 0 Å². The maximum atomic E-state index is 12.7. The smallest absolute Gasteiger partial charge is 0.290 e. The van der Waals surface area contributed by atoms with Crippen LogP contribution in [0.25, 0.3) is 0 Å². The second kappa shape index (κ2) is 7.26. The summed E-state index contributed by atoms with van der Waals surface area (Å²) < 4.78 is 5.16. The minimum Gasteiger partial charge on any atom is -0.459 e. The minimum atomic E-state index is -0.527. The Morgan fingerprint density at radius 2 is 1.81 bits per heavy atom. The van der Waals surface area contributed by atoms with E-state index in [-0.39, 0.29) is 23.5 Å². The Labute approximate surface area is 156 Å². The average Bonchev–Trinajstić information content (AvgIpc) is 3.16. The topological polar surface area (TPSA) is 91.7 Å².